The number of aliphatic imine (C=N–C) groups is 2. The van der Waals surface area contributed by atoms with Gasteiger partial charge in [0.1, 0.15) is 11.5 Å². The number of nitrogens with zero attached hydrogens (tertiary/aromatic N) is 4. The normalized spacial score (nSPS) is 17.5. The van der Waals surface area contributed by atoms with Crippen LogP contribution in [0.3, 0.4) is 0 Å². The zero-order chi connectivity index (χ0) is 19.5. The minimum atomic E-state index is -0.375. The SMILES string of the molecule is ON=C(C1=Nc2ccc(Cl)cc2C(c2ccccc2F)=NC1)N1CCOCC1. The molecule has 2 heterocycles. The standard InChI is InChI=1S/C20H18ClFN4O2/c21-13-5-6-17-15(11-13)19(14-3-1-2-4-16(14)22)23-12-18(24-17)20(25-27)26-7-9-28-10-8-26/h1-6,11,27H,7-10,12H2. The van der Waals surface area contributed by atoms with Gasteiger partial charge in [-0.3, -0.25) is 4.99 Å². The zero-order valence-corrected chi connectivity index (χ0v) is 15.7. The van der Waals surface area contributed by atoms with Crippen molar-refractivity contribution in [1.29, 1.82) is 0 Å². The molecule has 2 aliphatic heterocycles. The molecule has 1 fully saturated rings. The number of morpholine rings is 1. The van der Waals surface area contributed by atoms with Crippen molar-refractivity contribution in [2.45, 2.75) is 0 Å². The third-order valence-electron chi connectivity index (χ3n) is 4.65. The highest BCUT2D eigenvalue weighted by atomic mass is 35.5. The minimum absolute atomic E-state index is 0.146. The summed E-state index contributed by atoms with van der Waals surface area (Å²) in [5.74, 6) is -0.0254. The van der Waals surface area contributed by atoms with Gasteiger partial charge in [-0.05, 0) is 30.3 Å². The quantitative estimate of drug-likeness (QED) is 0.363. The molecule has 1 saturated heterocycles. The average Bonchev–Trinajstić information content (AvgIpc) is 2.89. The largest absolute Gasteiger partial charge is 0.409 e. The topological polar surface area (TPSA) is 69.8 Å². The van der Waals surface area contributed by atoms with Gasteiger partial charge >= 0.3 is 0 Å². The van der Waals surface area contributed by atoms with E-state index in [-0.39, 0.29) is 12.4 Å². The van der Waals surface area contributed by atoms with Gasteiger partial charge in [-0.15, -0.1) is 0 Å². The van der Waals surface area contributed by atoms with Crippen LogP contribution in [-0.2, 0) is 4.74 Å². The van der Waals surface area contributed by atoms with Crippen molar-refractivity contribution in [2.24, 2.45) is 15.1 Å². The van der Waals surface area contributed by atoms with Crippen LogP contribution >= 0.6 is 11.6 Å². The van der Waals surface area contributed by atoms with Crippen molar-refractivity contribution >= 4 is 34.5 Å². The number of hydrogen-bond donors (Lipinski definition) is 1. The predicted molar refractivity (Wildman–Crippen MR) is 107 cm³/mol. The molecule has 4 rings (SSSR count). The summed E-state index contributed by atoms with van der Waals surface area (Å²) in [5.41, 5.74) is 2.56. The molecule has 2 aliphatic rings. The van der Waals surface area contributed by atoms with Crippen LogP contribution in [0.2, 0.25) is 5.02 Å². The zero-order valence-electron chi connectivity index (χ0n) is 15.0. The van der Waals surface area contributed by atoms with Gasteiger partial charge in [0.15, 0.2) is 5.84 Å². The smallest absolute Gasteiger partial charge is 0.191 e. The van der Waals surface area contributed by atoms with E-state index in [2.05, 4.69) is 15.1 Å². The average molecular weight is 401 g/mol. The molecule has 144 valence electrons. The predicted octanol–water partition coefficient (Wildman–Crippen LogP) is 3.52. The maximum Gasteiger partial charge on any atom is 0.191 e. The fourth-order valence-corrected chi connectivity index (χ4v) is 3.47. The van der Waals surface area contributed by atoms with Gasteiger partial charge < -0.3 is 14.8 Å². The summed E-state index contributed by atoms with van der Waals surface area (Å²) in [4.78, 5) is 11.2. The number of halogens is 2. The van der Waals surface area contributed by atoms with Crippen molar-refractivity contribution in [3.63, 3.8) is 0 Å². The van der Waals surface area contributed by atoms with E-state index in [0.29, 0.717) is 65.4 Å². The summed E-state index contributed by atoms with van der Waals surface area (Å²) in [6.07, 6.45) is 0. The van der Waals surface area contributed by atoms with Crippen LogP contribution in [0.15, 0.2) is 57.6 Å². The second-order valence-corrected chi connectivity index (χ2v) is 6.82. The molecule has 0 amide bonds. The second kappa shape index (κ2) is 8.08. The lowest BCUT2D eigenvalue weighted by Gasteiger charge is -2.29. The highest BCUT2D eigenvalue weighted by Gasteiger charge is 2.25. The molecule has 6 nitrogen and oxygen atoms in total. The lowest BCUT2D eigenvalue weighted by molar-refractivity contribution is 0.0674. The summed E-state index contributed by atoms with van der Waals surface area (Å²) in [5, 5.41) is 13.6. The van der Waals surface area contributed by atoms with Crippen LogP contribution in [0.4, 0.5) is 10.1 Å². The van der Waals surface area contributed by atoms with Crippen LogP contribution in [0.1, 0.15) is 11.1 Å². The molecule has 2 aromatic carbocycles. The molecule has 0 aliphatic carbocycles. The third-order valence-corrected chi connectivity index (χ3v) is 4.88. The highest BCUT2D eigenvalue weighted by Crippen LogP contribution is 2.29. The van der Waals surface area contributed by atoms with E-state index in [4.69, 9.17) is 16.3 Å². The Morgan fingerprint density at radius 1 is 1.14 bits per heavy atom. The Morgan fingerprint density at radius 3 is 2.68 bits per heavy atom. The van der Waals surface area contributed by atoms with Crippen molar-refractivity contribution in [1.82, 2.24) is 4.90 Å². The first kappa shape index (κ1) is 18.6. The lowest BCUT2D eigenvalue weighted by atomic mass is 10.0. The fourth-order valence-electron chi connectivity index (χ4n) is 3.30. The molecule has 0 spiro atoms. The van der Waals surface area contributed by atoms with Crippen molar-refractivity contribution < 1.29 is 14.3 Å². The maximum atomic E-state index is 14.5. The lowest BCUT2D eigenvalue weighted by Crippen LogP contribution is -2.44. The minimum Gasteiger partial charge on any atom is -0.409 e. The van der Waals surface area contributed by atoms with Gasteiger partial charge in [-0.2, -0.15) is 0 Å². The molecule has 0 aromatic heterocycles. The van der Waals surface area contributed by atoms with Crippen LogP contribution < -0.4 is 0 Å². The molecular weight excluding hydrogens is 383 g/mol. The number of rotatable bonds is 2. The van der Waals surface area contributed by atoms with E-state index in [1.54, 1.807) is 36.4 Å². The van der Waals surface area contributed by atoms with E-state index < -0.39 is 0 Å². The van der Waals surface area contributed by atoms with Crippen molar-refractivity contribution in [3.05, 3.63) is 64.4 Å². The first-order valence-corrected chi connectivity index (χ1v) is 9.27. The molecule has 2 aromatic rings. The number of ether oxygens (including phenoxy) is 1. The van der Waals surface area contributed by atoms with Crippen molar-refractivity contribution in [3.8, 4) is 0 Å². The number of oxime groups is 1. The highest BCUT2D eigenvalue weighted by molar-refractivity contribution is 6.43. The molecule has 0 bridgehead atoms. The molecular formula is C20H18ClFN4O2. The maximum absolute atomic E-state index is 14.5. The summed E-state index contributed by atoms with van der Waals surface area (Å²) in [6.45, 7) is 2.42. The number of amidine groups is 1. The Kier molecular flexibility index (Phi) is 5.36. The Balaban J connectivity index is 1.81. The fraction of sp³-hybridized carbons (Fsp3) is 0.250. The van der Waals surface area contributed by atoms with E-state index in [1.165, 1.54) is 6.07 Å². The first-order chi connectivity index (χ1) is 13.7. The monoisotopic (exact) mass is 400 g/mol. The molecule has 0 saturated carbocycles. The number of fused-ring (bicyclic) bond motifs is 1. The van der Waals surface area contributed by atoms with Gasteiger partial charge in [-0.25, -0.2) is 9.38 Å². The Morgan fingerprint density at radius 2 is 1.93 bits per heavy atom. The van der Waals surface area contributed by atoms with Crippen LogP contribution in [0.25, 0.3) is 0 Å². The Bertz CT molecular complexity index is 984. The van der Waals surface area contributed by atoms with Crippen LogP contribution in [0.5, 0.6) is 0 Å². The van der Waals surface area contributed by atoms with E-state index in [0.717, 1.165) is 0 Å². The van der Waals surface area contributed by atoms with Gasteiger partial charge in [0.25, 0.3) is 0 Å². The molecule has 0 atom stereocenters. The van der Waals surface area contributed by atoms with Gasteiger partial charge in [0, 0.05) is 29.2 Å². The van der Waals surface area contributed by atoms with Crippen molar-refractivity contribution in [2.75, 3.05) is 32.8 Å². The van der Waals surface area contributed by atoms with Crippen LogP contribution in [-0.4, -0.2) is 60.2 Å². The van der Waals surface area contributed by atoms with Gasteiger partial charge in [0.2, 0.25) is 0 Å². The molecule has 1 N–H and O–H groups in total. The summed E-state index contributed by atoms with van der Waals surface area (Å²) in [7, 11) is 0. The number of hydrogen-bond acceptors (Lipinski definition) is 5. The Labute approximate surface area is 166 Å². The first-order valence-electron chi connectivity index (χ1n) is 8.89. The van der Waals surface area contributed by atoms with Gasteiger partial charge in [0.05, 0.1) is 31.2 Å². The molecule has 0 unspecified atom stereocenters. The van der Waals surface area contributed by atoms with E-state index in [1.807, 2.05) is 4.90 Å². The van der Waals surface area contributed by atoms with Crippen LogP contribution in [0, 0.1) is 5.82 Å². The van der Waals surface area contributed by atoms with E-state index in [9.17, 15) is 9.60 Å². The Hall–Kier alpha value is -2.77. The third kappa shape index (κ3) is 3.63. The molecule has 0 radical (unpaired) electrons. The summed E-state index contributed by atoms with van der Waals surface area (Å²) >= 11 is 6.19. The van der Waals surface area contributed by atoms with E-state index >= 15 is 0 Å². The summed E-state index contributed by atoms with van der Waals surface area (Å²) in [6, 6.07) is 11.6. The second-order valence-electron chi connectivity index (χ2n) is 6.39. The molecule has 8 heteroatoms. The molecule has 28 heavy (non-hydrogen) atoms. The van der Waals surface area contributed by atoms with Gasteiger partial charge in [-0.1, -0.05) is 28.9 Å². The number of benzene rings is 2. The summed E-state index contributed by atoms with van der Waals surface area (Å²) < 4.78 is 19.8.